The van der Waals surface area contributed by atoms with Crippen molar-refractivity contribution in [3.63, 3.8) is 0 Å². The van der Waals surface area contributed by atoms with Crippen molar-refractivity contribution in [3.05, 3.63) is 70.0 Å². The van der Waals surface area contributed by atoms with Gasteiger partial charge in [0.05, 0.1) is 11.4 Å². The number of H-pyrrole nitrogens is 1. The van der Waals surface area contributed by atoms with Gasteiger partial charge in [0.2, 0.25) is 0 Å². The highest BCUT2D eigenvalue weighted by molar-refractivity contribution is 6.30. The first kappa shape index (κ1) is 12.6. The number of rotatable bonds is 2. The van der Waals surface area contributed by atoms with E-state index in [9.17, 15) is 9.90 Å². The van der Waals surface area contributed by atoms with Crippen LogP contribution in [0, 0.1) is 0 Å². The summed E-state index contributed by atoms with van der Waals surface area (Å²) in [5.74, 6) is 0.159. The first-order valence-corrected chi connectivity index (χ1v) is 6.39. The van der Waals surface area contributed by atoms with Gasteiger partial charge in [0.25, 0.3) is 5.56 Å². The van der Waals surface area contributed by atoms with Crippen molar-refractivity contribution in [3.8, 4) is 22.7 Å². The summed E-state index contributed by atoms with van der Waals surface area (Å²) in [7, 11) is 0. The summed E-state index contributed by atoms with van der Waals surface area (Å²) in [5, 5.41) is 13.0. The second kappa shape index (κ2) is 4.90. The quantitative estimate of drug-likeness (QED) is 0.760. The van der Waals surface area contributed by atoms with Gasteiger partial charge in [-0.15, -0.1) is 0 Å². The van der Waals surface area contributed by atoms with Crippen molar-refractivity contribution in [1.82, 2.24) is 9.78 Å². The Labute approximate surface area is 119 Å². The molecule has 0 saturated carbocycles. The number of hydrogen-bond acceptors (Lipinski definition) is 2. The van der Waals surface area contributed by atoms with Crippen molar-refractivity contribution in [2.45, 2.75) is 0 Å². The number of phenols is 1. The van der Waals surface area contributed by atoms with Crippen LogP contribution in [-0.4, -0.2) is 14.9 Å². The molecule has 20 heavy (non-hydrogen) atoms. The Balaban J connectivity index is 2.05. The Morgan fingerprint density at radius 3 is 2.30 bits per heavy atom. The Morgan fingerprint density at radius 2 is 1.65 bits per heavy atom. The summed E-state index contributed by atoms with van der Waals surface area (Å²) in [5.41, 5.74) is 2.08. The Hall–Kier alpha value is -2.46. The van der Waals surface area contributed by atoms with E-state index in [2.05, 4.69) is 5.10 Å². The molecule has 1 aromatic heterocycles. The molecule has 0 atom stereocenters. The van der Waals surface area contributed by atoms with E-state index in [0.717, 1.165) is 5.56 Å². The maximum absolute atomic E-state index is 12.0. The average molecular weight is 287 g/mol. The summed E-state index contributed by atoms with van der Waals surface area (Å²) < 4.78 is 1.42. The van der Waals surface area contributed by atoms with Gasteiger partial charge < -0.3 is 5.11 Å². The minimum atomic E-state index is -0.166. The normalized spacial score (nSPS) is 10.7. The SMILES string of the molecule is O=c1cc(-c2ccc(Cl)cc2)[nH]n1-c1ccc(O)cc1. The number of aromatic amines is 1. The van der Waals surface area contributed by atoms with Crippen molar-refractivity contribution >= 4 is 11.6 Å². The fraction of sp³-hybridized carbons (Fsp3) is 0. The molecule has 0 fully saturated rings. The number of halogens is 1. The molecule has 0 bridgehead atoms. The zero-order valence-corrected chi connectivity index (χ0v) is 11.1. The Bertz CT molecular complexity index is 786. The molecule has 4 nitrogen and oxygen atoms in total. The molecule has 0 spiro atoms. The number of phenolic OH excluding ortho intramolecular Hbond substituents is 1. The molecular formula is C15H11ClN2O2. The highest BCUT2D eigenvalue weighted by Gasteiger charge is 2.07. The lowest BCUT2D eigenvalue weighted by Gasteiger charge is -2.02. The number of benzene rings is 2. The van der Waals surface area contributed by atoms with E-state index in [1.807, 2.05) is 12.1 Å². The van der Waals surface area contributed by atoms with E-state index in [1.54, 1.807) is 24.3 Å². The van der Waals surface area contributed by atoms with Gasteiger partial charge in [-0.25, -0.2) is 4.68 Å². The van der Waals surface area contributed by atoms with Crippen LogP contribution >= 0.6 is 11.6 Å². The molecular weight excluding hydrogens is 276 g/mol. The zero-order chi connectivity index (χ0) is 14.1. The third kappa shape index (κ3) is 2.33. The standard InChI is InChI=1S/C15H11ClN2O2/c16-11-3-1-10(2-4-11)14-9-15(20)18(17-14)12-5-7-13(19)8-6-12/h1-9,17,19H. The summed E-state index contributed by atoms with van der Waals surface area (Å²) >= 11 is 5.85. The Morgan fingerprint density at radius 1 is 1.00 bits per heavy atom. The highest BCUT2D eigenvalue weighted by atomic mass is 35.5. The first-order chi connectivity index (χ1) is 9.63. The lowest BCUT2D eigenvalue weighted by Crippen LogP contribution is -2.12. The number of aromatic hydroxyl groups is 1. The van der Waals surface area contributed by atoms with E-state index < -0.39 is 0 Å². The molecule has 100 valence electrons. The molecule has 3 aromatic rings. The third-order valence-corrected chi connectivity index (χ3v) is 3.24. The average Bonchev–Trinajstić information content (AvgIpc) is 2.82. The summed E-state index contributed by atoms with van der Waals surface area (Å²) in [6.45, 7) is 0. The van der Waals surface area contributed by atoms with Crippen LogP contribution < -0.4 is 5.56 Å². The molecule has 0 aliphatic heterocycles. The van der Waals surface area contributed by atoms with E-state index in [-0.39, 0.29) is 11.3 Å². The molecule has 2 N–H and O–H groups in total. The van der Waals surface area contributed by atoms with Crippen LogP contribution in [-0.2, 0) is 0 Å². The maximum Gasteiger partial charge on any atom is 0.271 e. The largest absolute Gasteiger partial charge is 0.508 e. The lowest BCUT2D eigenvalue weighted by atomic mass is 10.2. The fourth-order valence-electron chi connectivity index (χ4n) is 1.97. The van der Waals surface area contributed by atoms with E-state index in [1.165, 1.54) is 22.9 Å². The molecule has 0 saturated heterocycles. The second-order valence-corrected chi connectivity index (χ2v) is 4.80. The molecule has 2 aromatic carbocycles. The Kier molecular flexibility index (Phi) is 3.08. The van der Waals surface area contributed by atoms with Crippen LogP contribution in [0.4, 0.5) is 0 Å². The van der Waals surface area contributed by atoms with Gasteiger partial charge in [-0.2, -0.15) is 0 Å². The summed E-state index contributed by atoms with van der Waals surface area (Å²) in [6, 6.07) is 15.1. The minimum Gasteiger partial charge on any atom is -0.508 e. The molecule has 0 amide bonds. The number of nitrogens with zero attached hydrogens (tertiary/aromatic N) is 1. The third-order valence-electron chi connectivity index (χ3n) is 2.98. The maximum atomic E-state index is 12.0. The molecule has 3 rings (SSSR count). The fourth-order valence-corrected chi connectivity index (χ4v) is 2.09. The van der Waals surface area contributed by atoms with Crippen molar-refractivity contribution in [2.75, 3.05) is 0 Å². The number of hydrogen-bond donors (Lipinski definition) is 2. The van der Waals surface area contributed by atoms with Gasteiger partial charge in [0.15, 0.2) is 0 Å². The van der Waals surface area contributed by atoms with Crippen LogP contribution in [0.2, 0.25) is 5.02 Å². The highest BCUT2D eigenvalue weighted by Crippen LogP contribution is 2.19. The van der Waals surface area contributed by atoms with Gasteiger partial charge in [-0.3, -0.25) is 9.89 Å². The van der Waals surface area contributed by atoms with E-state index in [4.69, 9.17) is 11.6 Å². The van der Waals surface area contributed by atoms with Crippen molar-refractivity contribution in [1.29, 1.82) is 0 Å². The van der Waals surface area contributed by atoms with Crippen LogP contribution in [0.1, 0.15) is 0 Å². The van der Waals surface area contributed by atoms with Crippen LogP contribution in [0.25, 0.3) is 16.9 Å². The summed E-state index contributed by atoms with van der Waals surface area (Å²) in [6.07, 6.45) is 0. The van der Waals surface area contributed by atoms with E-state index >= 15 is 0 Å². The smallest absolute Gasteiger partial charge is 0.271 e. The monoisotopic (exact) mass is 286 g/mol. The number of aromatic nitrogens is 2. The molecule has 0 aliphatic carbocycles. The number of nitrogens with one attached hydrogen (secondary N) is 1. The molecule has 0 radical (unpaired) electrons. The van der Waals surface area contributed by atoms with Gasteiger partial charge in [-0.1, -0.05) is 23.7 Å². The van der Waals surface area contributed by atoms with Gasteiger partial charge >= 0.3 is 0 Å². The predicted molar refractivity (Wildman–Crippen MR) is 78.5 cm³/mol. The first-order valence-electron chi connectivity index (χ1n) is 6.01. The zero-order valence-electron chi connectivity index (χ0n) is 10.4. The molecule has 1 heterocycles. The second-order valence-electron chi connectivity index (χ2n) is 4.37. The van der Waals surface area contributed by atoms with Gasteiger partial charge in [0, 0.05) is 11.1 Å². The van der Waals surface area contributed by atoms with Crippen LogP contribution in [0.15, 0.2) is 59.4 Å². The topological polar surface area (TPSA) is 58.0 Å². The molecule has 0 unspecified atom stereocenters. The van der Waals surface area contributed by atoms with Gasteiger partial charge in [-0.05, 0) is 42.0 Å². The minimum absolute atomic E-state index is 0.159. The van der Waals surface area contributed by atoms with Crippen LogP contribution in [0.3, 0.4) is 0 Å². The van der Waals surface area contributed by atoms with Crippen molar-refractivity contribution in [2.24, 2.45) is 0 Å². The lowest BCUT2D eigenvalue weighted by molar-refractivity contribution is 0.475. The predicted octanol–water partition coefficient (Wildman–Crippen LogP) is 3.19. The van der Waals surface area contributed by atoms with E-state index in [0.29, 0.717) is 16.4 Å². The van der Waals surface area contributed by atoms with Crippen molar-refractivity contribution < 1.29 is 5.11 Å². The molecule has 5 heteroatoms. The molecule has 0 aliphatic rings. The van der Waals surface area contributed by atoms with Crippen LogP contribution in [0.5, 0.6) is 5.75 Å². The van der Waals surface area contributed by atoms with Gasteiger partial charge in [0.1, 0.15) is 5.75 Å². The summed E-state index contributed by atoms with van der Waals surface area (Å²) in [4.78, 5) is 12.0.